The third kappa shape index (κ3) is 4.21. The van der Waals surface area contributed by atoms with Crippen LogP contribution in [0.25, 0.3) is 0 Å². The first-order valence-electron chi connectivity index (χ1n) is 5.97. The zero-order valence-electron chi connectivity index (χ0n) is 11.2. The van der Waals surface area contributed by atoms with Gasteiger partial charge in [-0.3, -0.25) is 0 Å². The van der Waals surface area contributed by atoms with E-state index in [1.165, 1.54) is 11.1 Å². The maximum atomic E-state index is 4.18. The van der Waals surface area contributed by atoms with Gasteiger partial charge in [-0.25, -0.2) is 0 Å². The predicted octanol–water partition coefficient (Wildman–Crippen LogP) is 3.62. The average Bonchev–Trinajstić information content (AvgIpc) is 2.89. The summed E-state index contributed by atoms with van der Waals surface area (Å²) in [7, 11) is 2.00. The van der Waals surface area contributed by atoms with Crippen molar-refractivity contribution in [2.45, 2.75) is 21.6 Å². The van der Waals surface area contributed by atoms with E-state index in [1.807, 2.05) is 13.3 Å². The molecule has 0 aliphatic carbocycles. The largest absolute Gasteiger partial charge is 0.312 e. The monoisotopic (exact) mass is 311 g/mol. The Morgan fingerprint density at radius 3 is 2.47 bits per heavy atom. The van der Waals surface area contributed by atoms with Gasteiger partial charge in [0.1, 0.15) is 0 Å². The fraction of sp³-hybridized carbons (Fsp3) is 0.385. The third-order valence-electron chi connectivity index (χ3n) is 2.76. The summed E-state index contributed by atoms with van der Waals surface area (Å²) >= 11 is 5.06. The van der Waals surface area contributed by atoms with Gasteiger partial charge in [-0.15, -0.1) is 10.2 Å². The lowest BCUT2D eigenvalue weighted by Crippen LogP contribution is -2.18. The highest BCUT2D eigenvalue weighted by atomic mass is 32.2. The zero-order chi connectivity index (χ0) is 13.7. The van der Waals surface area contributed by atoms with Crippen molar-refractivity contribution in [3.05, 3.63) is 35.4 Å². The first kappa shape index (κ1) is 14.8. The molecule has 0 aliphatic rings. The van der Waals surface area contributed by atoms with Crippen LogP contribution in [0, 0.1) is 6.92 Å². The molecule has 0 amide bonds. The second kappa shape index (κ2) is 7.28. The van der Waals surface area contributed by atoms with Crippen molar-refractivity contribution < 1.29 is 0 Å². The van der Waals surface area contributed by atoms with Crippen LogP contribution in [-0.2, 0) is 0 Å². The second-order valence-corrected chi connectivity index (χ2v) is 7.40. The molecule has 1 N–H and O–H groups in total. The van der Waals surface area contributed by atoms with Gasteiger partial charge >= 0.3 is 0 Å². The molecule has 1 unspecified atom stereocenters. The molecule has 0 bridgehead atoms. The topological polar surface area (TPSA) is 37.8 Å². The Morgan fingerprint density at radius 2 is 1.89 bits per heavy atom. The van der Waals surface area contributed by atoms with Crippen molar-refractivity contribution in [1.29, 1.82) is 0 Å². The summed E-state index contributed by atoms with van der Waals surface area (Å²) in [4.78, 5) is 0. The van der Waals surface area contributed by atoms with Crippen LogP contribution in [-0.4, -0.2) is 29.3 Å². The van der Waals surface area contributed by atoms with Crippen molar-refractivity contribution in [2.24, 2.45) is 0 Å². The number of thioether (sulfide) groups is 2. The van der Waals surface area contributed by atoms with Gasteiger partial charge in [-0.2, -0.15) is 0 Å². The fourth-order valence-corrected chi connectivity index (χ4v) is 4.24. The van der Waals surface area contributed by atoms with Crippen LogP contribution >= 0.6 is 34.9 Å². The number of hydrogen-bond acceptors (Lipinski definition) is 6. The molecule has 0 spiro atoms. The van der Waals surface area contributed by atoms with Gasteiger partial charge in [-0.05, 0) is 25.8 Å². The normalized spacial score (nSPS) is 12.6. The van der Waals surface area contributed by atoms with Crippen LogP contribution in [0.3, 0.4) is 0 Å². The molecule has 1 aromatic heterocycles. The standard InChI is InChI=1S/C13H17N3S3/c1-9-4-6-10(7-5-9)11(14-2)8-18-13-16-15-12(17-3)19-13/h4-7,11,14H,8H2,1-3H3. The molecule has 3 nitrogen and oxygen atoms in total. The SMILES string of the molecule is CNC(CSc1nnc(SC)s1)c1ccc(C)cc1. The molecule has 0 aliphatic heterocycles. The Labute approximate surface area is 126 Å². The van der Waals surface area contributed by atoms with Crippen molar-refractivity contribution >= 4 is 34.9 Å². The lowest BCUT2D eigenvalue weighted by molar-refractivity contribution is 0.661. The van der Waals surface area contributed by atoms with Gasteiger partial charge in [-0.1, -0.05) is 64.7 Å². The number of hydrogen-bond donors (Lipinski definition) is 1. The Hall–Kier alpha value is -0.560. The van der Waals surface area contributed by atoms with Gasteiger partial charge in [0.2, 0.25) is 0 Å². The molecule has 2 rings (SSSR count). The van der Waals surface area contributed by atoms with Crippen LogP contribution in [0.15, 0.2) is 32.9 Å². The Morgan fingerprint density at radius 1 is 1.21 bits per heavy atom. The minimum absolute atomic E-state index is 0.340. The van der Waals surface area contributed by atoms with E-state index in [0.29, 0.717) is 6.04 Å². The Bertz CT molecular complexity index is 510. The zero-order valence-corrected chi connectivity index (χ0v) is 13.7. The van der Waals surface area contributed by atoms with Gasteiger partial charge in [0.25, 0.3) is 0 Å². The summed E-state index contributed by atoms with van der Waals surface area (Å²) in [6.07, 6.45) is 2.03. The summed E-state index contributed by atoms with van der Waals surface area (Å²) in [5.74, 6) is 0.961. The minimum Gasteiger partial charge on any atom is -0.312 e. The highest BCUT2D eigenvalue weighted by Gasteiger charge is 2.11. The van der Waals surface area contributed by atoms with Gasteiger partial charge in [0.15, 0.2) is 8.68 Å². The van der Waals surface area contributed by atoms with E-state index in [9.17, 15) is 0 Å². The molecule has 0 saturated heterocycles. The maximum Gasteiger partial charge on any atom is 0.175 e. The lowest BCUT2D eigenvalue weighted by Gasteiger charge is -2.15. The molecule has 2 aromatic rings. The third-order valence-corrected chi connectivity index (χ3v) is 5.89. The minimum atomic E-state index is 0.340. The van der Waals surface area contributed by atoms with E-state index in [4.69, 9.17) is 0 Å². The average molecular weight is 312 g/mol. The number of aromatic nitrogens is 2. The van der Waals surface area contributed by atoms with Crippen LogP contribution in [0.1, 0.15) is 17.2 Å². The van der Waals surface area contributed by atoms with E-state index < -0.39 is 0 Å². The summed E-state index contributed by atoms with van der Waals surface area (Å²) in [6, 6.07) is 9.02. The Balaban J connectivity index is 1.97. The van der Waals surface area contributed by atoms with Crippen molar-refractivity contribution in [2.75, 3.05) is 19.1 Å². The highest BCUT2D eigenvalue weighted by Crippen LogP contribution is 2.30. The summed E-state index contributed by atoms with van der Waals surface area (Å²) in [5, 5.41) is 11.7. The molecule has 0 saturated carbocycles. The molecule has 19 heavy (non-hydrogen) atoms. The highest BCUT2D eigenvalue weighted by molar-refractivity contribution is 8.02. The first-order valence-corrected chi connectivity index (χ1v) is 8.99. The molecule has 6 heteroatoms. The Kier molecular flexibility index (Phi) is 5.69. The first-order chi connectivity index (χ1) is 9.22. The number of rotatable bonds is 6. The smallest absolute Gasteiger partial charge is 0.175 e. The fourth-order valence-electron chi connectivity index (χ4n) is 1.64. The molecule has 0 fully saturated rings. The van der Waals surface area contributed by atoms with Crippen LogP contribution in [0.4, 0.5) is 0 Å². The summed E-state index contributed by atoms with van der Waals surface area (Å²) in [5.41, 5.74) is 2.61. The number of aryl methyl sites for hydroxylation is 1. The van der Waals surface area contributed by atoms with Crippen molar-refractivity contribution in [1.82, 2.24) is 15.5 Å². The molecular weight excluding hydrogens is 294 g/mol. The molecule has 1 heterocycles. The van der Waals surface area contributed by atoms with E-state index in [-0.39, 0.29) is 0 Å². The van der Waals surface area contributed by atoms with Gasteiger partial charge in [0.05, 0.1) is 0 Å². The van der Waals surface area contributed by atoms with Crippen LogP contribution in [0.5, 0.6) is 0 Å². The van der Waals surface area contributed by atoms with E-state index >= 15 is 0 Å². The van der Waals surface area contributed by atoms with E-state index in [0.717, 1.165) is 14.4 Å². The van der Waals surface area contributed by atoms with Crippen molar-refractivity contribution in [3.8, 4) is 0 Å². The van der Waals surface area contributed by atoms with E-state index in [1.54, 1.807) is 34.9 Å². The molecular formula is C13H17N3S3. The lowest BCUT2D eigenvalue weighted by atomic mass is 10.1. The molecule has 1 atom stereocenters. The van der Waals surface area contributed by atoms with Gasteiger partial charge in [0, 0.05) is 11.8 Å². The predicted molar refractivity (Wildman–Crippen MR) is 85.4 cm³/mol. The molecule has 0 radical (unpaired) electrons. The van der Waals surface area contributed by atoms with E-state index in [2.05, 4.69) is 46.7 Å². The van der Waals surface area contributed by atoms with Crippen LogP contribution in [0.2, 0.25) is 0 Å². The maximum absolute atomic E-state index is 4.18. The quantitative estimate of drug-likeness (QED) is 0.825. The molecule has 102 valence electrons. The summed E-state index contributed by atoms with van der Waals surface area (Å²) < 4.78 is 2.07. The van der Waals surface area contributed by atoms with Crippen molar-refractivity contribution in [3.63, 3.8) is 0 Å². The number of nitrogens with one attached hydrogen (secondary N) is 1. The second-order valence-electron chi connectivity index (χ2n) is 4.10. The summed E-state index contributed by atoms with van der Waals surface area (Å²) in [6.45, 7) is 2.11. The number of benzene rings is 1. The van der Waals surface area contributed by atoms with Gasteiger partial charge < -0.3 is 5.32 Å². The molecule has 1 aromatic carbocycles. The van der Waals surface area contributed by atoms with Crippen LogP contribution < -0.4 is 5.32 Å². The number of nitrogens with zero attached hydrogens (tertiary/aromatic N) is 2.